The molecule has 0 aliphatic rings. The van der Waals surface area contributed by atoms with Crippen molar-refractivity contribution in [3.05, 3.63) is 52.5 Å². The predicted octanol–water partition coefficient (Wildman–Crippen LogP) is 2.20. The zero-order valence-corrected chi connectivity index (χ0v) is 10.5. The lowest BCUT2D eigenvalue weighted by Crippen LogP contribution is -2.09. The highest BCUT2D eigenvalue weighted by Gasteiger charge is 2.04. The van der Waals surface area contributed by atoms with Crippen LogP contribution in [0.2, 0.25) is 0 Å². The third kappa shape index (κ3) is 2.51. The molecule has 2 aromatic rings. The van der Waals surface area contributed by atoms with Gasteiger partial charge in [-0.3, -0.25) is 0 Å². The molecule has 4 heteroatoms. The number of rotatable bonds is 4. The van der Waals surface area contributed by atoms with E-state index in [1.807, 2.05) is 24.7 Å². The fraction of sp³-hybridized carbons (Fsp3) is 0.250. The number of aromatic nitrogens is 2. The van der Waals surface area contributed by atoms with E-state index in [4.69, 9.17) is 5.73 Å². The van der Waals surface area contributed by atoms with Gasteiger partial charge < -0.3 is 10.3 Å². The summed E-state index contributed by atoms with van der Waals surface area (Å²) in [6.07, 6.45) is 4.60. The molecule has 1 aromatic heterocycles. The van der Waals surface area contributed by atoms with E-state index in [1.165, 1.54) is 11.3 Å². The molecule has 2 rings (SSSR count). The molecular weight excluding hydrogens is 266 g/mol. The van der Waals surface area contributed by atoms with Crippen molar-refractivity contribution in [3.63, 3.8) is 0 Å². The summed E-state index contributed by atoms with van der Waals surface area (Å²) in [5, 5.41) is 0. The number of benzene rings is 1. The third-order valence-electron chi connectivity index (χ3n) is 2.50. The monoisotopic (exact) mass is 279 g/mol. The molecule has 0 bridgehead atoms. The number of nitrogens with zero attached hydrogens (tertiary/aromatic N) is 2. The smallest absolute Gasteiger partial charge is 0.0951 e. The molecule has 16 heavy (non-hydrogen) atoms. The number of nitrogens with two attached hydrogens (primary N) is 1. The van der Waals surface area contributed by atoms with Gasteiger partial charge in [0.2, 0.25) is 0 Å². The molecule has 0 amide bonds. The van der Waals surface area contributed by atoms with Gasteiger partial charge >= 0.3 is 0 Å². The van der Waals surface area contributed by atoms with Gasteiger partial charge in [0.15, 0.2) is 0 Å². The molecule has 0 unspecified atom stereocenters. The Bertz CT molecular complexity index is 465. The van der Waals surface area contributed by atoms with Crippen molar-refractivity contribution in [2.75, 3.05) is 6.54 Å². The van der Waals surface area contributed by atoms with Crippen LogP contribution in [0.25, 0.3) is 0 Å². The first-order chi connectivity index (χ1) is 7.81. The summed E-state index contributed by atoms with van der Waals surface area (Å²) in [7, 11) is 0. The van der Waals surface area contributed by atoms with Crippen LogP contribution in [0.1, 0.15) is 11.3 Å². The van der Waals surface area contributed by atoms with Crippen LogP contribution in [0.4, 0.5) is 0 Å². The quantitative estimate of drug-likeness (QED) is 0.933. The minimum absolute atomic E-state index is 0.654. The molecule has 3 nitrogen and oxygen atoms in total. The van der Waals surface area contributed by atoms with Crippen LogP contribution in [0, 0.1) is 0 Å². The average Bonchev–Trinajstić information content (AvgIpc) is 2.70. The largest absolute Gasteiger partial charge is 0.330 e. The molecule has 0 aliphatic heterocycles. The fourth-order valence-electron chi connectivity index (χ4n) is 1.66. The molecule has 0 atom stereocenters. The van der Waals surface area contributed by atoms with Gasteiger partial charge in [-0.1, -0.05) is 34.1 Å². The van der Waals surface area contributed by atoms with Crippen molar-refractivity contribution >= 4 is 15.9 Å². The Labute approximate surface area is 103 Å². The maximum absolute atomic E-state index is 5.56. The van der Waals surface area contributed by atoms with Crippen LogP contribution in [-0.2, 0) is 13.0 Å². The zero-order chi connectivity index (χ0) is 11.4. The van der Waals surface area contributed by atoms with Gasteiger partial charge in [0.25, 0.3) is 0 Å². The lowest BCUT2D eigenvalue weighted by molar-refractivity contribution is 0.731. The van der Waals surface area contributed by atoms with E-state index < -0.39 is 0 Å². The van der Waals surface area contributed by atoms with E-state index in [2.05, 4.69) is 37.6 Å². The Balaban J connectivity index is 2.20. The van der Waals surface area contributed by atoms with Gasteiger partial charge in [0.1, 0.15) is 0 Å². The lowest BCUT2D eigenvalue weighted by atomic mass is 10.2. The van der Waals surface area contributed by atoms with Gasteiger partial charge in [-0.25, -0.2) is 4.98 Å². The molecule has 2 N–H and O–H groups in total. The molecule has 0 saturated heterocycles. The summed E-state index contributed by atoms with van der Waals surface area (Å²) in [5.41, 5.74) is 7.99. The van der Waals surface area contributed by atoms with Crippen LogP contribution in [0.15, 0.2) is 41.3 Å². The molecule has 1 aromatic carbocycles. The van der Waals surface area contributed by atoms with Gasteiger partial charge in [-0.15, -0.1) is 0 Å². The van der Waals surface area contributed by atoms with Crippen LogP contribution >= 0.6 is 15.9 Å². The summed E-state index contributed by atoms with van der Waals surface area (Å²) in [5.74, 6) is 0. The van der Waals surface area contributed by atoms with Crippen molar-refractivity contribution in [1.29, 1.82) is 0 Å². The van der Waals surface area contributed by atoms with Crippen molar-refractivity contribution < 1.29 is 0 Å². The second kappa shape index (κ2) is 5.27. The fourth-order valence-corrected chi connectivity index (χ4v) is 2.07. The van der Waals surface area contributed by atoms with Gasteiger partial charge in [0.05, 0.1) is 6.33 Å². The van der Waals surface area contributed by atoms with E-state index in [9.17, 15) is 0 Å². The standard InChI is InChI=1S/C12H14BrN3/c13-12-4-2-1-3-10(12)8-16-9-15-7-11(16)5-6-14/h1-4,7,9H,5-6,8,14H2. The second-order valence-electron chi connectivity index (χ2n) is 3.64. The highest BCUT2D eigenvalue weighted by Crippen LogP contribution is 2.17. The Hall–Kier alpha value is -1.13. The van der Waals surface area contributed by atoms with Crippen molar-refractivity contribution in [1.82, 2.24) is 9.55 Å². The molecule has 1 heterocycles. The Kier molecular flexibility index (Phi) is 3.74. The Morgan fingerprint density at radius 3 is 2.88 bits per heavy atom. The predicted molar refractivity (Wildman–Crippen MR) is 68.2 cm³/mol. The second-order valence-corrected chi connectivity index (χ2v) is 4.50. The minimum Gasteiger partial charge on any atom is -0.330 e. The van der Waals surface area contributed by atoms with E-state index in [0.29, 0.717) is 6.54 Å². The first-order valence-corrected chi connectivity index (χ1v) is 6.03. The molecule has 0 radical (unpaired) electrons. The summed E-state index contributed by atoms with van der Waals surface area (Å²) in [4.78, 5) is 4.16. The Morgan fingerprint density at radius 2 is 2.12 bits per heavy atom. The molecule has 0 saturated carbocycles. The van der Waals surface area contributed by atoms with E-state index in [1.54, 1.807) is 0 Å². The summed E-state index contributed by atoms with van der Waals surface area (Å²) in [6.45, 7) is 1.48. The first kappa shape index (κ1) is 11.4. The van der Waals surface area contributed by atoms with Crippen molar-refractivity contribution in [2.24, 2.45) is 5.73 Å². The number of imidazole rings is 1. The molecular formula is C12H14BrN3. The number of hydrogen-bond acceptors (Lipinski definition) is 2. The van der Waals surface area contributed by atoms with Crippen molar-refractivity contribution in [2.45, 2.75) is 13.0 Å². The highest BCUT2D eigenvalue weighted by molar-refractivity contribution is 9.10. The van der Waals surface area contributed by atoms with Gasteiger partial charge in [-0.2, -0.15) is 0 Å². The van der Waals surface area contributed by atoms with Crippen molar-refractivity contribution in [3.8, 4) is 0 Å². The zero-order valence-electron chi connectivity index (χ0n) is 8.94. The summed E-state index contributed by atoms with van der Waals surface area (Å²) >= 11 is 3.55. The van der Waals surface area contributed by atoms with Crippen LogP contribution in [0.3, 0.4) is 0 Å². The molecule has 0 aliphatic carbocycles. The van der Waals surface area contributed by atoms with Crippen LogP contribution in [0.5, 0.6) is 0 Å². The van der Waals surface area contributed by atoms with Gasteiger partial charge in [-0.05, 0) is 18.2 Å². The Morgan fingerprint density at radius 1 is 1.31 bits per heavy atom. The highest BCUT2D eigenvalue weighted by atomic mass is 79.9. The topological polar surface area (TPSA) is 43.8 Å². The maximum atomic E-state index is 5.56. The molecule has 0 spiro atoms. The summed E-state index contributed by atoms with van der Waals surface area (Å²) in [6, 6.07) is 8.22. The molecule has 0 fully saturated rings. The van der Waals surface area contributed by atoms with Crippen LogP contribution in [-0.4, -0.2) is 16.1 Å². The van der Waals surface area contributed by atoms with E-state index in [-0.39, 0.29) is 0 Å². The normalized spacial score (nSPS) is 10.6. The maximum Gasteiger partial charge on any atom is 0.0951 e. The lowest BCUT2D eigenvalue weighted by Gasteiger charge is -2.08. The number of halogens is 1. The third-order valence-corrected chi connectivity index (χ3v) is 3.27. The average molecular weight is 280 g/mol. The number of hydrogen-bond donors (Lipinski definition) is 1. The summed E-state index contributed by atoms with van der Waals surface area (Å²) < 4.78 is 3.26. The minimum atomic E-state index is 0.654. The SMILES string of the molecule is NCCc1cncn1Cc1ccccc1Br. The van der Waals surface area contributed by atoms with E-state index >= 15 is 0 Å². The molecule has 84 valence electrons. The van der Waals surface area contributed by atoms with Crippen LogP contribution < -0.4 is 5.73 Å². The van der Waals surface area contributed by atoms with Gasteiger partial charge in [0, 0.05) is 29.3 Å². The van der Waals surface area contributed by atoms with E-state index in [0.717, 1.165) is 17.4 Å². The first-order valence-electron chi connectivity index (χ1n) is 5.23.